The molecular weight excluding hydrogens is 200 g/mol. The quantitative estimate of drug-likeness (QED) is 0.682. The largest absolute Gasteiger partial charge is 0.329 e. The maximum absolute atomic E-state index is 11.6. The maximum Gasteiger partial charge on any atom is 0.212 e. The zero-order valence-corrected chi connectivity index (χ0v) is 9.73. The lowest BCUT2D eigenvalue weighted by atomic mass is 10.1. The van der Waals surface area contributed by atoms with Gasteiger partial charge in [0.25, 0.3) is 0 Å². The van der Waals surface area contributed by atoms with Crippen molar-refractivity contribution in [3.63, 3.8) is 0 Å². The fourth-order valence-electron chi connectivity index (χ4n) is 1.24. The Kier molecular flexibility index (Phi) is 3.55. The Balaban J connectivity index is 2.39. The number of sulfonamides is 1. The molecule has 0 unspecified atom stereocenters. The van der Waals surface area contributed by atoms with Gasteiger partial charge in [0.1, 0.15) is 0 Å². The van der Waals surface area contributed by atoms with E-state index >= 15 is 0 Å². The minimum absolute atomic E-state index is 0.237. The molecule has 14 heavy (non-hydrogen) atoms. The zero-order valence-electron chi connectivity index (χ0n) is 8.91. The second-order valence-electron chi connectivity index (χ2n) is 4.74. The molecule has 4 nitrogen and oxygen atoms in total. The summed E-state index contributed by atoms with van der Waals surface area (Å²) in [5.41, 5.74) is 4.93. The SMILES string of the molecule is CC(C)(CN)NS(=O)(=O)CCC1CC1. The molecule has 0 amide bonds. The van der Waals surface area contributed by atoms with Gasteiger partial charge >= 0.3 is 0 Å². The van der Waals surface area contributed by atoms with Gasteiger partial charge in [-0.2, -0.15) is 0 Å². The highest BCUT2D eigenvalue weighted by atomic mass is 32.2. The van der Waals surface area contributed by atoms with Crippen LogP contribution in [0.15, 0.2) is 0 Å². The van der Waals surface area contributed by atoms with E-state index in [1.807, 2.05) is 0 Å². The van der Waals surface area contributed by atoms with Crippen LogP contribution in [0.2, 0.25) is 0 Å². The highest BCUT2D eigenvalue weighted by Gasteiger charge is 2.27. The summed E-state index contributed by atoms with van der Waals surface area (Å²) in [7, 11) is -3.14. The number of hydrogen-bond acceptors (Lipinski definition) is 3. The van der Waals surface area contributed by atoms with Crippen molar-refractivity contribution in [2.24, 2.45) is 11.7 Å². The van der Waals surface area contributed by atoms with Crippen LogP contribution in [-0.2, 0) is 10.0 Å². The van der Waals surface area contributed by atoms with E-state index < -0.39 is 15.6 Å². The number of hydrogen-bond donors (Lipinski definition) is 2. The van der Waals surface area contributed by atoms with Gasteiger partial charge in [-0.3, -0.25) is 0 Å². The van der Waals surface area contributed by atoms with Crippen LogP contribution in [0, 0.1) is 5.92 Å². The predicted octanol–water partition coefficient (Wildman–Crippen LogP) is 0.443. The van der Waals surface area contributed by atoms with Crippen molar-refractivity contribution in [3.05, 3.63) is 0 Å². The van der Waals surface area contributed by atoms with Gasteiger partial charge < -0.3 is 5.73 Å². The molecule has 5 heteroatoms. The number of nitrogens with two attached hydrogens (primary N) is 1. The van der Waals surface area contributed by atoms with E-state index in [1.54, 1.807) is 13.8 Å². The Morgan fingerprint density at radius 2 is 2.00 bits per heavy atom. The topological polar surface area (TPSA) is 72.2 Å². The molecule has 0 saturated heterocycles. The molecule has 3 N–H and O–H groups in total. The lowest BCUT2D eigenvalue weighted by molar-refractivity contribution is 0.461. The molecule has 0 aliphatic heterocycles. The molecule has 0 bridgehead atoms. The summed E-state index contributed by atoms with van der Waals surface area (Å²) in [5.74, 6) is 0.883. The Morgan fingerprint density at radius 1 is 1.43 bits per heavy atom. The third-order valence-electron chi connectivity index (χ3n) is 2.43. The number of nitrogens with one attached hydrogen (secondary N) is 1. The highest BCUT2D eigenvalue weighted by molar-refractivity contribution is 7.89. The minimum atomic E-state index is -3.14. The number of rotatable bonds is 6. The lowest BCUT2D eigenvalue weighted by Crippen LogP contribution is -2.49. The van der Waals surface area contributed by atoms with Gasteiger partial charge in [-0.05, 0) is 26.2 Å². The summed E-state index contributed by atoms with van der Waals surface area (Å²) in [6.07, 6.45) is 3.17. The van der Waals surface area contributed by atoms with E-state index in [9.17, 15) is 8.42 Å². The van der Waals surface area contributed by atoms with Gasteiger partial charge in [-0.25, -0.2) is 13.1 Å². The third-order valence-corrected chi connectivity index (χ3v) is 4.07. The standard InChI is InChI=1S/C9H20N2O2S/c1-9(2,7-10)11-14(12,13)6-5-8-3-4-8/h8,11H,3-7,10H2,1-2H3. The Labute approximate surface area is 86.3 Å². The van der Waals surface area contributed by atoms with Crippen LogP contribution in [-0.4, -0.2) is 26.3 Å². The molecule has 0 aromatic carbocycles. The summed E-state index contributed by atoms with van der Waals surface area (Å²) in [6, 6.07) is 0. The minimum Gasteiger partial charge on any atom is -0.329 e. The second kappa shape index (κ2) is 4.16. The first-order valence-electron chi connectivity index (χ1n) is 5.06. The summed E-state index contributed by atoms with van der Waals surface area (Å²) in [5, 5.41) is 0. The van der Waals surface area contributed by atoms with Crippen LogP contribution >= 0.6 is 0 Å². The van der Waals surface area contributed by atoms with E-state index in [0.29, 0.717) is 12.5 Å². The van der Waals surface area contributed by atoms with Crippen LogP contribution in [0.25, 0.3) is 0 Å². The predicted molar refractivity (Wildman–Crippen MR) is 57.4 cm³/mol. The van der Waals surface area contributed by atoms with Crippen LogP contribution in [0.1, 0.15) is 33.1 Å². The van der Waals surface area contributed by atoms with Crippen molar-refractivity contribution in [3.8, 4) is 0 Å². The molecule has 0 aromatic heterocycles. The van der Waals surface area contributed by atoms with Crippen molar-refractivity contribution in [1.29, 1.82) is 0 Å². The van der Waals surface area contributed by atoms with E-state index in [-0.39, 0.29) is 5.75 Å². The van der Waals surface area contributed by atoms with Crippen LogP contribution < -0.4 is 10.5 Å². The molecule has 0 spiro atoms. The van der Waals surface area contributed by atoms with Crippen molar-refractivity contribution in [1.82, 2.24) is 4.72 Å². The summed E-state index contributed by atoms with van der Waals surface area (Å²) >= 11 is 0. The van der Waals surface area contributed by atoms with E-state index in [2.05, 4.69) is 4.72 Å². The third kappa shape index (κ3) is 4.39. The maximum atomic E-state index is 11.6. The Morgan fingerprint density at radius 3 is 2.43 bits per heavy atom. The molecule has 1 aliphatic carbocycles. The molecule has 0 radical (unpaired) electrons. The van der Waals surface area contributed by atoms with E-state index in [4.69, 9.17) is 5.73 Å². The van der Waals surface area contributed by atoms with Gasteiger partial charge in [-0.15, -0.1) is 0 Å². The highest BCUT2D eigenvalue weighted by Crippen LogP contribution is 2.32. The Hall–Kier alpha value is -0.130. The smallest absolute Gasteiger partial charge is 0.212 e. The fourth-order valence-corrected chi connectivity index (χ4v) is 2.91. The van der Waals surface area contributed by atoms with Gasteiger partial charge in [0, 0.05) is 12.1 Å². The van der Waals surface area contributed by atoms with Crippen molar-refractivity contribution in [2.75, 3.05) is 12.3 Å². The van der Waals surface area contributed by atoms with Crippen LogP contribution in [0.4, 0.5) is 0 Å². The molecule has 1 aliphatic rings. The first kappa shape index (κ1) is 11.9. The summed E-state index contributed by atoms with van der Waals surface area (Å²) in [4.78, 5) is 0. The Bertz CT molecular complexity index is 281. The van der Waals surface area contributed by atoms with Crippen LogP contribution in [0.5, 0.6) is 0 Å². The average molecular weight is 220 g/mol. The average Bonchev–Trinajstić information content (AvgIpc) is 2.82. The van der Waals surface area contributed by atoms with Crippen LogP contribution in [0.3, 0.4) is 0 Å². The van der Waals surface area contributed by atoms with Crippen molar-refractivity contribution >= 4 is 10.0 Å². The van der Waals surface area contributed by atoms with Crippen molar-refractivity contribution < 1.29 is 8.42 Å². The zero-order chi connectivity index (χ0) is 10.8. The summed E-state index contributed by atoms with van der Waals surface area (Å²) in [6.45, 7) is 3.90. The summed E-state index contributed by atoms with van der Waals surface area (Å²) < 4.78 is 25.8. The van der Waals surface area contributed by atoms with Gasteiger partial charge in [-0.1, -0.05) is 12.8 Å². The van der Waals surface area contributed by atoms with E-state index in [1.165, 1.54) is 12.8 Å². The monoisotopic (exact) mass is 220 g/mol. The molecule has 1 saturated carbocycles. The molecule has 1 rings (SSSR count). The van der Waals surface area contributed by atoms with E-state index in [0.717, 1.165) is 6.42 Å². The first-order valence-corrected chi connectivity index (χ1v) is 6.71. The molecular formula is C9H20N2O2S. The van der Waals surface area contributed by atoms with Gasteiger partial charge in [0.2, 0.25) is 10.0 Å². The molecule has 0 aromatic rings. The normalized spacial score (nSPS) is 18.5. The van der Waals surface area contributed by atoms with Gasteiger partial charge in [0.15, 0.2) is 0 Å². The lowest BCUT2D eigenvalue weighted by Gasteiger charge is -2.23. The first-order chi connectivity index (χ1) is 6.35. The van der Waals surface area contributed by atoms with Gasteiger partial charge in [0.05, 0.1) is 5.75 Å². The molecule has 0 atom stereocenters. The molecule has 84 valence electrons. The van der Waals surface area contributed by atoms with Crippen molar-refractivity contribution in [2.45, 2.75) is 38.6 Å². The molecule has 0 heterocycles. The molecule has 1 fully saturated rings. The second-order valence-corrected chi connectivity index (χ2v) is 6.58. The fraction of sp³-hybridized carbons (Fsp3) is 1.00.